The van der Waals surface area contributed by atoms with Gasteiger partial charge in [-0.05, 0) is 60.4 Å². The van der Waals surface area contributed by atoms with Gasteiger partial charge in [0, 0.05) is 49.2 Å². The van der Waals surface area contributed by atoms with E-state index in [1.54, 1.807) is 0 Å². The van der Waals surface area contributed by atoms with Crippen LogP contribution in [0.15, 0.2) is 84.9 Å². The Morgan fingerprint density at radius 2 is 1.15 bits per heavy atom. The number of rotatable bonds is 15. The van der Waals surface area contributed by atoms with Gasteiger partial charge in [-0.15, -0.1) is 0 Å². The molecule has 15 heteroatoms. The first-order valence-electron chi connectivity index (χ1n) is 16.6. The predicted molar refractivity (Wildman–Crippen MR) is 174 cm³/mol. The highest BCUT2D eigenvalue weighted by Gasteiger charge is 2.55. The number of aliphatic hydroxyl groups is 1. The number of carbonyl (C=O) groups excluding carboxylic acids is 1. The molecule has 0 spiro atoms. The normalized spacial score (nSPS) is 16.5. The van der Waals surface area contributed by atoms with Crippen molar-refractivity contribution in [2.24, 2.45) is 0 Å². The molecule has 2 saturated carbocycles. The molecule has 0 radical (unpaired) electrons. The summed E-state index contributed by atoms with van der Waals surface area (Å²) in [6.07, 6.45) is -8.93. The summed E-state index contributed by atoms with van der Waals surface area (Å²) in [7, 11) is 0. The second-order valence-electron chi connectivity index (χ2n) is 13.2. The van der Waals surface area contributed by atoms with Crippen LogP contribution < -0.4 is 20.1 Å². The number of esters is 1. The van der Waals surface area contributed by atoms with Crippen molar-refractivity contribution in [1.82, 2.24) is 10.6 Å². The maximum absolute atomic E-state index is 14.9. The summed E-state index contributed by atoms with van der Waals surface area (Å²) >= 11 is 0. The van der Waals surface area contributed by atoms with E-state index in [4.69, 9.17) is 14.2 Å². The third-order valence-electron chi connectivity index (χ3n) is 9.14. The van der Waals surface area contributed by atoms with E-state index in [1.807, 2.05) is 0 Å². The van der Waals surface area contributed by atoms with E-state index in [2.05, 4.69) is 10.6 Å². The Morgan fingerprint density at radius 1 is 0.679 bits per heavy atom. The quantitative estimate of drug-likeness (QED) is 0.0646. The lowest BCUT2D eigenvalue weighted by molar-refractivity contribution is -0.166. The Kier molecular flexibility index (Phi) is 10.7. The molecular formula is C38H34F8N2O5. The molecule has 0 heterocycles. The topological polar surface area (TPSA) is 89.1 Å². The molecule has 3 N–H and O–H groups in total. The van der Waals surface area contributed by atoms with Gasteiger partial charge in [-0.1, -0.05) is 36.4 Å². The molecule has 2 aliphatic rings. The molecule has 2 aliphatic carbocycles. The highest BCUT2D eigenvalue weighted by atomic mass is 19.4. The molecule has 0 aliphatic heterocycles. The summed E-state index contributed by atoms with van der Waals surface area (Å²) in [6.45, 7) is -0.498. The zero-order chi connectivity index (χ0) is 38.0. The van der Waals surface area contributed by atoms with Crippen molar-refractivity contribution in [1.29, 1.82) is 0 Å². The molecule has 1 unspecified atom stereocenters. The number of nitrogens with one attached hydrogen (secondary N) is 2. The highest BCUT2D eigenvalue weighted by molar-refractivity contribution is 5.77. The predicted octanol–water partition coefficient (Wildman–Crippen LogP) is 7.97. The number of ether oxygens (including phenoxy) is 3. The minimum Gasteiger partial charge on any atom is -0.489 e. The van der Waals surface area contributed by atoms with Crippen molar-refractivity contribution in [2.75, 3.05) is 0 Å². The van der Waals surface area contributed by atoms with Crippen LogP contribution in [0.3, 0.4) is 0 Å². The van der Waals surface area contributed by atoms with Gasteiger partial charge in [0.1, 0.15) is 36.3 Å². The Morgan fingerprint density at radius 3 is 1.57 bits per heavy atom. The standard InChI is InChI=1S/C38H34F8N2O5/c39-31-17-29(51-21-23-3-1-5-27(15-23)37(41,42)43)9-7-25(31)19-47-35(11-12-35)33(49)34(50)53-36(13-14-36)48-20-26-8-10-30(18-32(26)40)52-22-24-4-2-6-28(16-24)38(44,45)46/h1-10,15-18,33,47-49H,11-14,19-22H2. The molecule has 0 amide bonds. The molecule has 0 saturated heterocycles. The van der Waals surface area contributed by atoms with Crippen molar-refractivity contribution in [3.05, 3.63) is 130 Å². The third-order valence-corrected chi connectivity index (χ3v) is 9.14. The van der Waals surface area contributed by atoms with Crippen LogP contribution in [0, 0.1) is 11.6 Å². The Hall–Kier alpha value is -4.73. The summed E-state index contributed by atoms with van der Waals surface area (Å²) in [6, 6.07) is 17.2. The average Bonchev–Trinajstić information content (AvgIpc) is 4.06. The SMILES string of the molecule is O=C(OC1(NCc2ccc(OCc3cccc(C(F)(F)F)c3)cc2F)CC1)C(O)C1(NCc2ccc(OCc3cccc(C(F)(F)F)c3)cc2F)CC1. The van der Waals surface area contributed by atoms with Gasteiger partial charge in [-0.2, -0.15) is 26.3 Å². The summed E-state index contributed by atoms with van der Waals surface area (Å²) < 4.78 is 124. The largest absolute Gasteiger partial charge is 0.489 e. The zero-order valence-electron chi connectivity index (χ0n) is 27.9. The van der Waals surface area contributed by atoms with Crippen LogP contribution in [-0.4, -0.2) is 28.4 Å². The third kappa shape index (κ3) is 9.64. The van der Waals surface area contributed by atoms with Crippen LogP contribution in [0.25, 0.3) is 0 Å². The number of aliphatic hydroxyl groups excluding tert-OH is 1. The summed E-state index contributed by atoms with van der Waals surface area (Å²) in [5, 5.41) is 17.0. The van der Waals surface area contributed by atoms with Crippen molar-refractivity contribution in [3.63, 3.8) is 0 Å². The molecule has 53 heavy (non-hydrogen) atoms. The highest BCUT2D eigenvalue weighted by Crippen LogP contribution is 2.43. The molecule has 2 fully saturated rings. The van der Waals surface area contributed by atoms with E-state index in [1.165, 1.54) is 48.5 Å². The molecule has 0 aromatic heterocycles. The second kappa shape index (κ2) is 15.0. The molecule has 6 rings (SSSR count). The Balaban J connectivity index is 0.965. The molecule has 1 atom stereocenters. The number of carbonyl (C=O) groups is 1. The monoisotopic (exact) mass is 750 g/mol. The van der Waals surface area contributed by atoms with Crippen molar-refractivity contribution >= 4 is 5.97 Å². The van der Waals surface area contributed by atoms with Crippen molar-refractivity contribution in [2.45, 2.75) is 81.7 Å². The fourth-order valence-electron chi connectivity index (χ4n) is 5.64. The molecule has 0 bridgehead atoms. The molecule has 7 nitrogen and oxygen atoms in total. The van der Waals surface area contributed by atoms with E-state index in [0.717, 1.165) is 36.4 Å². The minimum absolute atomic E-state index is 0.0363. The van der Waals surface area contributed by atoms with Gasteiger partial charge in [0.05, 0.1) is 16.7 Å². The number of halogens is 8. The van der Waals surface area contributed by atoms with Crippen LogP contribution in [0.4, 0.5) is 35.1 Å². The van der Waals surface area contributed by atoms with Gasteiger partial charge in [-0.3, -0.25) is 5.32 Å². The van der Waals surface area contributed by atoms with Crippen LogP contribution in [0.1, 0.15) is 59.1 Å². The smallest absolute Gasteiger partial charge is 0.416 e. The first-order chi connectivity index (χ1) is 25.0. The van der Waals surface area contributed by atoms with Crippen LogP contribution in [-0.2, 0) is 48.2 Å². The Bertz CT molecular complexity index is 1940. The molecule has 4 aromatic rings. The van der Waals surface area contributed by atoms with E-state index in [9.17, 15) is 45.0 Å². The van der Waals surface area contributed by atoms with Gasteiger partial charge >= 0.3 is 18.3 Å². The van der Waals surface area contributed by atoms with Crippen LogP contribution >= 0.6 is 0 Å². The average molecular weight is 751 g/mol. The number of benzene rings is 4. The summed E-state index contributed by atoms with van der Waals surface area (Å²) in [5.41, 5.74) is -2.86. The second-order valence-corrected chi connectivity index (χ2v) is 13.2. The lowest BCUT2D eigenvalue weighted by atomic mass is 10.1. The fourth-order valence-corrected chi connectivity index (χ4v) is 5.64. The van der Waals surface area contributed by atoms with E-state index >= 15 is 0 Å². The Labute approximate surface area is 298 Å². The van der Waals surface area contributed by atoms with Gasteiger partial charge in [-0.25, -0.2) is 13.6 Å². The van der Waals surface area contributed by atoms with Crippen LogP contribution in [0.2, 0.25) is 0 Å². The maximum atomic E-state index is 14.9. The van der Waals surface area contributed by atoms with Crippen molar-refractivity contribution < 1.29 is 59.2 Å². The van der Waals surface area contributed by atoms with E-state index in [-0.39, 0.29) is 60.1 Å². The first kappa shape index (κ1) is 38.0. The molecular weight excluding hydrogens is 716 g/mol. The number of alkyl halides is 6. The summed E-state index contributed by atoms with van der Waals surface area (Å²) in [5.74, 6) is -1.99. The van der Waals surface area contributed by atoms with E-state index in [0.29, 0.717) is 25.7 Å². The molecule has 282 valence electrons. The van der Waals surface area contributed by atoms with Crippen LogP contribution in [0.5, 0.6) is 11.5 Å². The fraction of sp³-hybridized carbons (Fsp3) is 0.342. The van der Waals surface area contributed by atoms with Gasteiger partial charge in [0.2, 0.25) is 0 Å². The number of hydrogen-bond acceptors (Lipinski definition) is 7. The van der Waals surface area contributed by atoms with E-state index < -0.39 is 58.5 Å². The molecule has 4 aromatic carbocycles. The zero-order valence-corrected chi connectivity index (χ0v) is 27.9. The summed E-state index contributed by atoms with van der Waals surface area (Å²) in [4.78, 5) is 13.0. The van der Waals surface area contributed by atoms with Gasteiger partial charge in [0.15, 0.2) is 11.8 Å². The van der Waals surface area contributed by atoms with Crippen molar-refractivity contribution in [3.8, 4) is 11.5 Å². The maximum Gasteiger partial charge on any atom is 0.416 e. The minimum atomic E-state index is -4.50. The van der Waals surface area contributed by atoms with Gasteiger partial charge < -0.3 is 24.6 Å². The lowest BCUT2D eigenvalue weighted by Gasteiger charge is -2.26. The lowest BCUT2D eigenvalue weighted by Crippen LogP contribution is -2.49. The first-order valence-corrected chi connectivity index (χ1v) is 16.6. The van der Waals surface area contributed by atoms with Gasteiger partial charge in [0.25, 0.3) is 0 Å². The number of hydrogen-bond donors (Lipinski definition) is 3.